The molecule has 0 bridgehead atoms. The molecule has 2 aromatic heterocycles. The smallest absolute Gasteiger partial charge is 0.220 e. The van der Waals surface area contributed by atoms with E-state index in [1.54, 1.807) is 6.26 Å². The normalized spacial score (nSPS) is 12.3. The van der Waals surface area contributed by atoms with Gasteiger partial charge in [-0.15, -0.1) is 0 Å². The van der Waals surface area contributed by atoms with Crippen LogP contribution in [0, 0.1) is 19.8 Å². The van der Waals surface area contributed by atoms with Gasteiger partial charge in [-0.05, 0) is 60.0 Å². The van der Waals surface area contributed by atoms with Gasteiger partial charge >= 0.3 is 0 Å². The highest BCUT2D eigenvalue weighted by Gasteiger charge is 2.21. The van der Waals surface area contributed by atoms with Crippen molar-refractivity contribution in [3.8, 4) is 11.3 Å². The Labute approximate surface area is 156 Å². The first kappa shape index (κ1) is 15.6. The number of benzene rings is 2. The Morgan fingerprint density at radius 3 is 2.65 bits per heavy atom. The van der Waals surface area contributed by atoms with Crippen LogP contribution in [0.3, 0.4) is 0 Å². The van der Waals surface area contributed by atoms with E-state index < -0.39 is 0 Å². The summed E-state index contributed by atoms with van der Waals surface area (Å²) in [5.41, 5.74) is 6.67. The predicted molar refractivity (Wildman–Crippen MR) is 108 cm³/mol. The number of rotatable bonds is 3. The van der Waals surface area contributed by atoms with Crippen molar-refractivity contribution in [2.45, 2.75) is 34.1 Å². The zero-order valence-electron chi connectivity index (χ0n) is 17.2. The van der Waals surface area contributed by atoms with Crippen LogP contribution in [-0.4, -0.2) is 0 Å². The van der Waals surface area contributed by atoms with Crippen molar-refractivity contribution in [3.05, 3.63) is 65.5 Å². The molecule has 0 aliphatic carbocycles. The van der Waals surface area contributed by atoms with Gasteiger partial charge < -0.3 is 4.42 Å². The molecule has 0 atom stereocenters. The minimum absolute atomic E-state index is 0.598. The molecule has 4 aromatic rings. The van der Waals surface area contributed by atoms with Gasteiger partial charge in [-0.25, -0.2) is 0 Å². The molecule has 0 aliphatic heterocycles. The van der Waals surface area contributed by atoms with Crippen LogP contribution in [0.1, 0.15) is 32.0 Å². The summed E-state index contributed by atoms with van der Waals surface area (Å²) in [6, 6.07) is 13.5. The van der Waals surface area contributed by atoms with E-state index in [4.69, 9.17) is 5.79 Å². The zero-order chi connectivity index (χ0) is 19.3. The highest BCUT2D eigenvalue weighted by Crippen LogP contribution is 2.32. The van der Waals surface area contributed by atoms with Crippen LogP contribution in [0.25, 0.3) is 33.0 Å². The second kappa shape index (κ2) is 6.28. The first-order chi connectivity index (χ1) is 12.9. The van der Waals surface area contributed by atoms with Gasteiger partial charge in [0.2, 0.25) is 5.69 Å². The Hall–Kier alpha value is -2.61. The Bertz CT molecular complexity index is 1170. The third-order valence-electron chi connectivity index (χ3n) is 5.19. The molecule has 0 fully saturated rings. The quantitative estimate of drug-likeness (QED) is 0.423. The Balaban J connectivity index is 2.05. The number of hydrogen-bond donors (Lipinski definition) is 0. The standard InChI is InChI=1S/C24H26NO/c1-15(2)10-18-6-7-21-20(13-18)12-17(4)25(5)24(21)22-14-23-19(8-9-26-23)11-16(22)3/h6-9,11-15H,10H2,1-5H3/q+1/i12D. The van der Waals surface area contributed by atoms with Crippen molar-refractivity contribution in [2.24, 2.45) is 13.0 Å². The van der Waals surface area contributed by atoms with Gasteiger partial charge in [0.05, 0.1) is 18.6 Å². The predicted octanol–water partition coefficient (Wildman–Crippen LogP) is 5.89. The lowest BCUT2D eigenvalue weighted by atomic mass is 9.95. The number of fused-ring (bicyclic) bond motifs is 2. The maximum Gasteiger partial charge on any atom is 0.220 e. The molecule has 132 valence electrons. The largest absolute Gasteiger partial charge is 0.464 e. The number of pyridine rings is 1. The van der Waals surface area contributed by atoms with Gasteiger partial charge in [0.25, 0.3) is 0 Å². The first-order valence-corrected chi connectivity index (χ1v) is 9.27. The topological polar surface area (TPSA) is 17.0 Å². The highest BCUT2D eigenvalue weighted by atomic mass is 16.3. The summed E-state index contributed by atoms with van der Waals surface area (Å²) in [7, 11) is 2.05. The van der Waals surface area contributed by atoms with E-state index in [2.05, 4.69) is 62.7 Å². The summed E-state index contributed by atoms with van der Waals surface area (Å²) >= 11 is 0. The minimum Gasteiger partial charge on any atom is -0.464 e. The van der Waals surface area contributed by atoms with E-state index in [0.29, 0.717) is 12.0 Å². The average molecular weight is 345 g/mol. The second-order valence-corrected chi connectivity index (χ2v) is 7.72. The molecule has 0 N–H and O–H groups in total. The van der Waals surface area contributed by atoms with Crippen LogP contribution in [-0.2, 0) is 13.5 Å². The van der Waals surface area contributed by atoms with Crippen LogP contribution in [0.15, 0.2) is 53.1 Å². The summed E-state index contributed by atoms with van der Waals surface area (Å²) < 4.78 is 16.5. The molecule has 0 unspecified atom stereocenters. The number of hydrogen-bond acceptors (Lipinski definition) is 1. The lowest BCUT2D eigenvalue weighted by molar-refractivity contribution is -0.665. The fourth-order valence-electron chi connectivity index (χ4n) is 3.83. The van der Waals surface area contributed by atoms with E-state index in [0.717, 1.165) is 45.1 Å². The summed E-state index contributed by atoms with van der Waals surface area (Å²) in [5, 5.41) is 3.27. The van der Waals surface area contributed by atoms with Crippen LogP contribution >= 0.6 is 0 Å². The fraction of sp³-hybridized carbons (Fsp3) is 0.292. The number of nitrogens with zero attached hydrogens (tertiary/aromatic N) is 1. The van der Waals surface area contributed by atoms with E-state index in [1.165, 1.54) is 11.1 Å². The summed E-state index contributed by atoms with van der Waals surface area (Å²) in [6.45, 7) is 8.64. The molecule has 0 amide bonds. The van der Waals surface area contributed by atoms with Gasteiger partial charge in [0.15, 0.2) is 5.69 Å². The van der Waals surface area contributed by atoms with Crippen molar-refractivity contribution in [1.82, 2.24) is 0 Å². The third kappa shape index (κ3) is 2.80. The zero-order valence-corrected chi connectivity index (χ0v) is 16.2. The van der Waals surface area contributed by atoms with Crippen molar-refractivity contribution >= 4 is 21.7 Å². The molecule has 4 rings (SSSR count). The van der Waals surface area contributed by atoms with E-state index >= 15 is 0 Å². The van der Waals surface area contributed by atoms with Crippen molar-refractivity contribution in [1.29, 1.82) is 0 Å². The van der Waals surface area contributed by atoms with Crippen molar-refractivity contribution in [2.75, 3.05) is 0 Å². The van der Waals surface area contributed by atoms with Gasteiger partial charge in [0, 0.05) is 18.4 Å². The summed E-state index contributed by atoms with van der Waals surface area (Å²) in [4.78, 5) is 0. The SMILES string of the molecule is [2H]c1c(C)[n+](C)c(-c2cc3occc3cc2C)c2ccc(CC(C)C)cc12. The maximum atomic E-state index is 8.69. The van der Waals surface area contributed by atoms with Crippen LogP contribution in [0.5, 0.6) is 0 Å². The molecule has 0 aliphatic rings. The second-order valence-electron chi connectivity index (χ2n) is 7.72. The van der Waals surface area contributed by atoms with Crippen LogP contribution in [0.4, 0.5) is 0 Å². The molecular weight excluding hydrogens is 318 g/mol. The van der Waals surface area contributed by atoms with E-state index in [1.807, 2.05) is 13.0 Å². The molecule has 0 saturated carbocycles. The van der Waals surface area contributed by atoms with Gasteiger partial charge in [0.1, 0.15) is 12.6 Å². The summed E-state index contributed by atoms with van der Waals surface area (Å²) in [5.74, 6) is 0.598. The first-order valence-electron chi connectivity index (χ1n) is 9.77. The Morgan fingerprint density at radius 2 is 1.88 bits per heavy atom. The van der Waals surface area contributed by atoms with E-state index in [-0.39, 0.29) is 0 Å². The number of aryl methyl sites for hydroxylation is 1. The molecule has 2 aromatic carbocycles. The molecule has 26 heavy (non-hydrogen) atoms. The van der Waals surface area contributed by atoms with Crippen LogP contribution < -0.4 is 4.57 Å². The van der Waals surface area contributed by atoms with Crippen molar-refractivity contribution < 1.29 is 10.4 Å². The highest BCUT2D eigenvalue weighted by molar-refractivity contribution is 5.96. The lowest BCUT2D eigenvalue weighted by Gasteiger charge is -2.12. The molecule has 0 spiro atoms. The number of aromatic nitrogens is 1. The monoisotopic (exact) mass is 345 g/mol. The lowest BCUT2D eigenvalue weighted by Crippen LogP contribution is -2.35. The van der Waals surface area contributed by atoms with Gasteiger partial charge in [-0.1, -0.05) is 26.0 Å². The molecule has 0 radical (unpaired) electrons. The number of furan rings is 1. The van der Waals surface area contributed by atoms with Crippen LogP contribution in [0.2, 0.25) is 0 Å². The Morgan fingerprint density at radius 1 is 1.08 bits per heavy atom. The van der Waals surface area contributed by atoms with Gasteiger partial charge in [-0.3, -0.25) is 0 Å². The maximum absolute atomic E-state index is 8.69. The molecule has 2 heteroatoms. The summed E-state index contributed by atoms with van der Waals surface area (Å²) in [6.07, 6.45) is 2.77. The molecule has 0 saturated heterocycles. The Kier molecular flexibility index (Phi) is 3.77. The molecule has 2 nitrogen and oxygen atoms in total. The average Bonchev–Trinajstić information content (AvgIpc) is 3.07. The molecule has 2 heterocycles. The van der Waals surface area contributed by atoms with Gasteiger partial charge in [-0.2, -0.15) is 4.57 Å². The van der Waals surface area contributed by atoms with E-state index in [9.17, 15) is 0 Å². The fourth-order valence-corrected chi connectivity index (χ4v) is 3.83. The third-order valence-corrected chi connectivity index (χ3v) is 5.19. The minimum atomic E-state index is 0.598. The molecular formula is C24H26NO+. The van der Waals surface area contributed by atoms with Crippen molar-refractivity contribution in [3.63, 3.8) is 0 Å².